The van der Waals surface area contributed by atoms with E-state index in [0.717, 1.165) is 12.4 Å². The van der Waals surface area contributed by atoms with Gasteiger partial charge in [0.1, 0.15) is 0 Å². The fourth-order valence-corrected chi connectivity index (χ4v) is 1.77. The number of hydrogen-bond donors (Lipinski definition) is 1. The van der Waals surface area contributed by atoms with Gasteiger partial charge in [0, 0.05) is 0 Å². The third kappa shape index (κ3) is 1.64. The molecule has 14 heavy (non-hydrogen) atoms. The molecule has 0 saturated heterocycles. The zero-order valence-corrected chi connectivity index (χ0v) is 8.77. The van der Waals surface area contributed by atoms with E-state index in [1.807, 2.05) is 4.68 Å². The highest BCUT2D eigenvalue weighted by Gasteiger charge is 2.25. The van der Waals surface area contributed by atoms with Gasteiger partial charge in [-0.2, -0.15) is 0 Å². The minimum atomic E-state index is 0.246. The highest BCUT2D eigenvalue weighted by atomic mass is 15.6. The molecule has 2 rings (SSSR count). The van der Waals surface area contributed by atoms with Gasteiger partial charge in [0.05, 0.1) is 12.1 Å². The number of nitrogens with zero attached hydrogens (tertiary/aromatic N) is 4. The van der Waals surface area contributed by atoms with E-state index in [1.165, 1.54) is 19.3 Å². The zero-order chi connectivity index (χ0) is 9.97. The molecule has 0 amide bonds. The molecule has 1 saturated carbocycles. The average molecular weight is 195 g/mol. The highest BCUT2D eigenvalue weighted by Crippen LogP contribution is 2.32. The Morgan fingerprint density at radius 2 is 2.36 bits per heavy atom. The SMILES string of the molecule is CCNC(C)c1nnnn1C1CCC1. The molecule has 1 fully saturated rings. The van der Waals surface area contributed by atoms with Gasteiger partial charge in [0.25, 0.3) is 0 Å². The summed E-state index contributed by atoms with van der Waals surface area (Å²) >= 11 is 0. The lowest BCUT2D eigenvalue weighted by atomic mass is 9.93. The van der Waals surface area contributed by atoms with Gasteiger partial charge in [-0.3, -0.25) is 0 Å². The summed E-state index contributed by atoms with van der Waals surface area (Å²) < 4.78 is 1.98. The van der Waals surface area contributed by atoms with Crippen LogP contribution in [-0.4, -0.2) is 26.8 Å². The van der Waals surface area contributed by atoms with Crippen molar-refractivity contribution >= 4 is 0 Å². The Labute approximate surface area is 83.9 Å². The summed E-state index contributed by atoms with van der Waals surface area (Å²) in [5, 5.41) is 15.2. The molecule has 1 aliphatic rings. The van der Waals surface area contributed by atoms with Crippen LogP contribution in [0.15, 0.2) is 0 Å². The van der Waals surface area contributed by atoms with Crippen LogP contribution in [0.25, 0.3) is 0 Å². The first-order valence-electron chi connectivity index (χ1n) is 5.34. The van der Waals surface area contributed by atoms with Crippen LogP contribution in [-0.2, 0) is 0 Å². The molecule has 1 N–H and O–H groups in total. The monoisotopic (exact) mass is 195 g/mol. The van der Waals surface area contributed by atoms with Crippen molar-refractivity contribution in [2.45, 2.75) is 45.2 Å². The predicted molar refractivity (Wildman–Crippen MR) is 52.8 cm³/mol. The molecular weight excluding hydrogens is 178 g/mol. The lowest BCUT2D eigenvalue weighted by Crippen LogP contribution is -2.26. The normalized spacial score (nSPS) is 19.3. The van der Waals surface area contributed by atoms with Gasteiger partial charge in [-0.1, -0.05) is 6.92 Å². The summed E-state index contributed by atoms with van der Waals surface area (Å²) in [6, 6.07) is 0.789. The number of rotatable bonds is 4. The van der Waals surface area contributed by atoms with Gasteiger partial charge < -0.3 is 5.32 Å². The second-order valence-electron chi connectivity index (χ2n) is 3.85. The smallest absolute Gasteiger partial charge is 0.168 e. The van der Waals surface area contributed by atoms with Gasteiger partial charge >= 0.3 is 0 Å². The van der Waals surface area contributed by atoms with Crippen molar-refractivity contribution in [2.75, 3.05) is 6.54 Å². The lowest BCUT2D eigenvalue weighted by Gasteiger charge is -2.27. The Hall–Kier alpha value is -0.970. The Morgan fingerprint density at radius 1 is 1.57 bits per heavy atom. The van der Waals surface area contributed by atoms with Gasteiger partial charge in [-0.25, -0.2) is 4.68 Å². The molecule has 78 valence electrons. The van der Waals surface area contributed by atoms with E-state index >= 15 is 0 Å². The fraction of sp³-hybridized carbons (Fsp3) is 0.889. The van der Waals surface area contributed by atoms with E-state index in [9.17, 15) is 0 Å². The van der Waals surface area contributed by atoms with E-state index in [0.29, 0.717) is 6.04 Å². The summed E-state index contributed by atoms with van der Waals surface area (Å²) in [6.07, 6.45) is 3.74. The van der Waals surface area contributed by atoms with Crippen LogP contribution in [0, 0.1) is 0 Å². The van der Waals surface area contributed by atoms with Crippen LogP contribution in [0.3, 0.4) is 0 Å². The van der Waals surface area contributed by atoms with Crippen LogP contribution in [0.2, 0.25) is 0 Å². The average Bonchev–Trinajstić information content (AvgIpc) is 2.50. The molecule has 0 aromatic carbocycles. The summed E-state index contributed by atoms with van der Waals surface area (Å²) in [4.78, 5) is 0. The topological polar surface area (TPSA) is 55.6 Å². The maximum Gasteiger partial charge on any atom is 0.168 e. The highest BCUT2D eigenvalue weighted by molar-refractivity contribution is 4.93. The largest absolute Gasteiger partial charge is 0.308 e. The number of hydrogen-bond acceptors (Lipinski definition) is 4. The molecule has 1 aromatic rings. The Morgan fingerprint density at radius 3 is 2.93 bits per heavy atom. The van der Waals surface area contributed by atoms with E-state index in [-0.39, 0.29) is 6.04 Å². The second kappa shape index (κ2) is 4.04. The maximum absolute atomic E-state index is 4.08. The molecule has 0 aliphatic heterocycles. The van der Waals surface area contributed by atoms with Crippen molar-refractivity contribution < 1.29 is 0 Å². The molecule has 1 atom stereocenters. The van der Waals surface area contributed by atoms with Crippen molar-refractivity contribution in [3.05, 3.63) is 5.82 Å². The first-order valence-corrected chi connectivity index (χ1v) is 5.34. The Kier molecular flexibility index (Phi) is 2.77. The van der Waals surface area contributed by atoms with Gasteiger partial charge in [0.2, 0.25) is 0 Å². The fourth-order valence-electron chi connectivity index (χ4n) is 1.77. The van der Waals surface area contributed by atoms with Gasteiger partial charge in [-0.05, 0) is 43.2 Å². The molecular formula is C9H17N5. The summed E-state index contributed by atoms with van der Waals surface area (Å²) in [6.45, 7) is 5.14. The van der Waals surface area contributed by atoms with Crippen molar-refractivity contribution in [3.8, 4) is 0 Å². The van der Waals surface area contributed by atoms with Crippen LogP contribution in [0.1, 0.15) is 51.0 Å². The number of nitrogens with one attached hydrogen (secondary N) is 1. The molecule has 1 aliphatic carbocycles. The standard InChI is InChI=1S/C9H17N5/c1-3-10-7(2)9-11-12-13-14(9)8-5-4-6-8/h7-8,10H,3-6H2,1-2H3. The van der Waals surface area contributed by atoms with E-state index in [4.69, 9.17) is 0 Å². The van der Waals surface area contributed by atoms with Crippen LogP contribution >= 0.6 is 0 Å². The third-order valence-electron chi connectivity index (χ3n) is 2.84. The molecule has 5 nitrogen and oxygen atoms in total. The van der Waals surface area contributed by atoms with Crippen molar-refractivity contribution in [3.63, 3.8) is 0 Å². The number of tetrazole rings is 1. The molecule has 0 spiro atoms. The van der Waals surface area contributed by atoms with Crippen LogP contribution < -0.4 is 5.32 Å². The van der Waals surface area contributed by atoms with Crippen LogP contribution in [0.4, 0.5) is 0 Å². The minimum Gasteiger partial charge on any atom is -0.308 e. The number of aromatic nitrogens is 4. The first kappa shape index (κ1) is 9.58. The molecule has 1 aromatic heterocycles. The molecule has 1 unspecified atom stereocenters. The van der Waals surface area contributed by atoms with Crippen LogP contribution in [0.5, 0.6) is 0 Å². The van der Waals surface area contributed by atoms with Crippen molar-refractivity contribution in [2.24, 2.45) is 0 Å². The third-order valence-corrected chi connectivity index (χ3v) is 2.84. The zero-order valence-electron chi connectivity index (χ0n) is 8.77. The second-order valence-corrected chi connectivity index (χ2v) is 3.85. The van der Waals surface area contributed by atoms with E-state index in [1.54, 1.807) is 0 Å². The predicted octanol–water partition coefficient (Wildman–Crippen LogP) is 1.07. The summed E-state index contributed by atoms with van der Waals surface area (Å²) in [5.74, 6) is 0.969. The van der Waals surface area contributed by atoms with E-state index < -0.39 is 0 Å². The summed E-state index contributed by atoms with van der Waals surface area (Å²) in [5.41, 5.74) is 0. The Balaban J connectivity index is 2.11. The Bertz CT molecular complexity index is 291. The van der Waals surface area contributed by atoms with Crippen molar-refractivity contribution in [1.29, 1.82) is 0 Å². The molecule has 5 heteroatoms. The van der Waals surface area contributed by atoms with Gasteiger partial charge in [0.15, 0.2) is 5.82 Å². The lowest BCUT2D eigenvalue weighted by molar-refractivity contribution is 0.271. The minimum absolute atomic E-state index is 0.246. The van der Waals surface area contributed by atoms with Gasteiger partial charge in [-0.15, -0.1) is 5.10 Å². The molecule has 0 radical (unpaired) electrons. The molecule has 1 heterocycles. The first-order chi connectivity index (χ1) is 6.83. The molecule has 0 bridgehead atoms. The quantitative estimate of drug-likeness (QED) is 0.780. The van der Waals surface area contributed by atoms with E-state index in [2.05, 4.69) is 34.7 Å². The summed E-state index contributed by atoms with van der Waals surface area (Å²) in [7, 11) is 0. The van der Waals surface area contributed by atoms with Crippen molar-refractivity contribution in [1.82, 2.24) is 25.5 Å². The maximum atomic E-state index is 4.08.